The summed E-state index contributed by atoms with van der Waals surface area (Å²) < 4.78 is 10.9. The first-order valence-electron chi connectivity index (χ1n) is 9.38. The van der Waals surface area contributed by atoms with Gasteiger partial charge in [0.05, 0.1) is 6.61 Å². The monoisotopic (exact) mass is 347 g/mol. The van der Waals surface area contributed by atoms with Crippen LogP contribution in [0.25, 0.3) is 0 Å². The second kappa shape index (κ2) is 11.1. The third-order valence-electron chi connectivity index (χ3n) is 4.73. The summed E-state index contributed by atoms with van der Waals surface area (Å²) in [5.41, 5.74) is 2.46. The molecule has 1 aromatic rings. The Morgan fingerprint density at radius 2 is 1.92 bits per heavy atom. The summed E-state index contributed by atoms with van der Waals surface area (Å²) in [4.78, 5) is 6.63. The van der Waals surface area contributed by atoms with Crippen LogP contribution in [0.2, 0.25) is 0 Å². The molecule has 1 fully saturated rings. The fourth-order valence-electron chi connectivity index (χ4n) is 3.06. The zero-order valence-corrected chi connectivity index (χ0v) is 16.0. The Labute approximate surface area is 152 Å². The van der Waals surface area contributed by atoms with Crippen molar-refractivity contribution in [1.29, 1.82) is 0 Å². The molecular weight excluding hydrogens is 314 g/mol. The van der Waals surface area contributed by atoms with Crippen LogP contribution in [0, 0.1) is 5.92 Å². The van der Waals surface area contributed by atoms with Crippen LogP contribution in [0.15, 0.2) is 29.3 Å². The Kier molecular flexibility index (Phi) is 8.77. The molecule has 1 saturated heterocycles. The van der Waals surface area contributed by atoms with Gasteiger partial charge in [0.15, 0.2) is 5.96 Å². The van der Waals surface area contributed by atoms with Gasteiger partial charge in [0, 0.05) is 47.0 Å². The number of aliphatic imine (C=N–C) groups is 1. The number of benzene rings is 1. The fraction of sp³-hybridized carbons (Fsp3) is 0.650. The molecule has 0 amide bonds. The minimum absolute atomic E-state index is 0.681. The summed E-state index contributed by atoms with van der Waals surface area (Å²) in [5, 5.41) is 3.46. The molecule has 5 nitrogen and oxygen atoms in total. The maximum absolute atomic E-state index is 5.44. The van der Waals surface area contributed by atoms with Gasteiger partial charge in [-0.25, -0.2) is 0 Å². The summed E-state index contributed by atoms with van der Waals surface area (Å²) in [7, 11) is 3.96. The molecule has 25 heavy (non-hydrogen) atoms. The topological polar surface area (TPSA) is 46.1 Å². The third-order valence-corrected chi connectivity index (χ3v) is 4.73. The zero-order chi connectivity index (χ0) is 17.9. The van der Waals surface area contributed by atoms with Crippen molar-refractivity contribution in [2.45, 2.75) is 39.3 Å². The van der Waals surface area contributed by atoms with Crippen LogP contribution in [-0.4, -0.2) is 51.3 Å². The Hall–Kier alpha value is -1.59. The first kappa shape index (κ1) is 19.7. The van der Waals surface area contributed by atoms with E-state index in [0.29, 0.717) is 6.61 Å². The predicted molar refractivity (Wildman–Crippen MR) is 103 cm³/mol. The van der Waals surface area contributed by atoms with Gasteiger partial charge in [0.1, 0.15) is 0 Å². The van der Waals surface area contributed by atoms with Crippen LogP contribution in [-0.2, 0) is 22.6 Å². The van der Waals surface area contributed by atoms with Crippen molar-refractivity contribution in [1.82, 2.24) is 10.2 Å². The molecule has 1 aliphatic rings. The first-order chi connectivity index (χ1) is 12.2. The smallest absolute Gasteiger partial charge is 0.193 e. The first-order valence-corrected chi connectivity index (χ1v) is 9.38. The average Bonchev–Trinajstić information content (AvgIpc) is 2.67. The number of rotatable bonds is 8. The van der Waals surface area contributed by atoms with Gasteiger partial charge in [0.25, 0.3) is 0 Å². The van der Waals surface area contributed by atoms with E-state index in [9.17, 15) is 0 Å². The van der Waals surface area contributed by atoms with Gasteiger partial charge in [-0.15, -0.1) is 0 Å². The Bertz CT molecular complexity index is 510. The Morgan fingerprint density at radius 3 is 2.56 bits per heavy atom. The summed E-state index contributed by atoms with van der Waals surface area (Å²) >= 11 is 0. The fourth-order valence-corrected chi connectivity index (χ4v) is 3.06. The largest absolute Gasteiger partial charge is 0.381 e. The van der Waals surface area contributed by atoms with Crippen molar-refractivity contribution in [3.8, 4) is 0 Å². The highest BCUT2D eigenvalue weighted by atomic mass is 16.5. The van der Waals surface area contributed by atoms with Gasteiger partial charge in [-0.3, -0.25) is 4.99 Å². The van der Waals surface area contributed by atoms with E-state index >= 15 is 0 Å². The van der Waals surface area contributed by atoms with E-state index in [-0.39, 0.29) is 0 Å². The van der Waals surface area contributed by atoms with Crippen LogP contribution in [0.1, 0.15) is 37.3 Å². The quantitative estimate of drug-likeness (QED) is 0.580. The van der Waals surface area contributed by atoms with Crippen molar-refractivity contribution in [2.75, 3.05) is 40.5 Å². The SMILES string of the molecule is CCOCc1ccc(CNC(=NC)N(C)CCC2CCOCC2)cc1. The zero-order valence-electron chi connectivity index (χ0n) is 16.0. The average molecular weight is 348 g/mol. The van der Waals surface area contributed by atoms with Crippen LogP contribution >= 0.6 is 0 Å². The number of nitrogens with one attached hydrogen (secondary N) is 1. The summed E-state index contributed by atoms with van der Waals surface area (Å²) in [5.74, 6) is 1.73. The molecule has 1 N–H and O–H groups in total. The van der Waals surface area contributed by atoms with Crippen LogP contribution in [0.3, 0.4) is 0 Å². The molecule has 0 aromatic heterocycles. The minimum Gasteiger partial charge on any atom is -0.381 e. The van der Waals surface area contributed by atoms with E-state index in [0.717, 1.165) is 44.8 Å². The van der Waals surface area contributed by atoms with Gasteiger partial charge >= 0.3 is 0 Å². The van der Waals surface area contributed by atoms with E-state index in [1.165, 1.54) is 30.4 Å². The molecule has 0 radical (unpaired) electrons. The lowest BCUT2D eigenvalue weighted by atomic mass is 9.96. The highest BCUT2D eigenvalue weighted by Gasteiger charge is 2.15. The minimum atomic E-state index is 0.681. The van der Waals surface area contributed by atoms with E-state index in [1.54, 1.807) is 0 Å². The van der Waals surface area contributed by atoms with Crippen LogP contribution in [0.5, 0.6) is 0 Å². The molecule has 1 aliphatic heterocycles. The highest BCUT2D eigenvalue weighted by molar-refractivity contribution is 5.79. The van der Waals surface area contributed by atoms with Crippen molar-refractivity contribution < 1.29 is 9.47 Å². The highest BCUT2D eigenvalue weighted by Crippen LogP contribution is 2.18. The molecule has 0 spiro atoms. The van der Waals surface area contributed by atoms with Gasteiger partial charge < -0.3 is 19.7 Å². The predicted octanol–water partition coefficient (Wildman–Crippen LogP) is 3.05. The Morgan fingerprint density at radius 1 is 1.24 bits per heavy atom. The Balaban J connectivity index is 1.74. The lowest BCUT2D eigenvalue weighted by Gasteiger charge is -2.26. The third kappa shape index (κ3) is 7.04. The van der Waals surface area contributed by atoms with Gasteiger partial charge in [-0.1, -0.05) is 24.3 Å². The molecule has 2 rings (SSSR count). The molecule has 1 aromatic carbocycles. The molecule has 140 valence electrons. The second-order valence-electron chi connectivity index (χ2n) is 6.62. The van der Waals surface area contributed by atoms with Gasteiger partial charge in [-0.2, -0.15) is 0 Å². The van der Waals surface area contributed by atoms with Crippen molar-refractivity contribution >= 4 is 5.96 Å². The normalized spacial score (nSPS) is 16.0. The number of hydrogen-bond acceptors (Lipinski definition) is 3. The maximum Gasteiger partial charge on any atom is 0.193 e. The summed E-state index contributed by atoms with van der Waals surface area (Å²) in [6.45, 7) is 7.09. The molecule has 0 saturated carbocycles. The standard InChI is InChI=1S/C20H33N3O2/c1-4-24-16-19-7-5-18(6-8-19)15-22-20(21-2)23(3)12-9-17-10-13-25-14-11-17/h5-8,17H,4,9-16H2,1-3H3,(H,21,22). The lowest BCUT2D eigenvalue weighted by molar-refractivity contribution is 0.0625. The van der Waals surface area contributed by atoms with Crippen molar-refractivity contribution in [2.24, 2.45) is 10.9 Å². The van der Waals surface area contributed by atoms with Crippen molar-refractivity contribution in [3.63, 3.8) is 0 Å². The van der Waals surface area contributed by atoms with E-state index in [4.69, 9.17) is 9.47 Å². The number of guanidine groups is 1. The molecule has 1 heterocycles. The number of hydrogen-bond donors (Lipinski definition) is 1. The van der Waals surface area contributed by atoms with E-state index in [1.807, 2.05) is 14.0 Å². The van der Waals surface area contributed by atoms with Gasteiger partial charge in [0.2, 0.25) is 0 Å². The molecule has 0 aliphatic carbocycles. The number of nitrogens with zero attached hydrogens (tertiary/aromatic N) is 2. The lowest BCUT2D eigenvalue weighted by Crippen LogP contribution is -2.39. The molecule has 0 unspecified atom stereocenters. The summed E-state index contributed by atoms with van der Waals surface area (Å²) in [6.07, 6.45) is 3.58. The van der Waals surface area contributed by atoms with Gasteiger partial charge in [-0.05, 0) is 43.2 Å². The van der Waals surface area contributed by atoms with Crippen molar-refractivity contribution in [3.05, 3.63) is 35.4 Å². The van der Waals surface area contributed by atoms with E-state index < -0.39 is 0 Å². The van der Waals surface area contributed by atoms with Crippen LogP contribution in [0.4, 0.5) is 0 Å². The molecule has 0 atom stereocenters. The molecule has 0 bridgehead atoms. The number of ether oxygens (including phenoxy) is 2. The maximum atomic E-state index is 5.44. The van der Waals surface area contributed by atoms with Crippen LogP contribution < -0.4 is 5.32 Å². The summed E-state index contributed by atoms with van der Waals surface area (Å²) in [6, 6.07) is 8.56. The van der Waals surface area contributed by atoms with E-state index in [2.05, 4.69) is 46.5 Å². The molecular formula is C20H33N3O2. The molecule has 5 heteroatoms. The second-order valence-corrected chi connectivity index (χ2v) is 6.62.